The molecule has 1 nitrogen and oxygen atoms in total. The molecule has 12 heavy (non-hydrogen) atoms. The van der Waals surface area contributed by atoms with Crippen LogP contribution < -0.4 is 0 Å². The van der Waals surface area contributed by atoms with Crippen molar-refractivity contribution in [1.29, 1.82) is 0 Å². The smallest absolute Gasteiger partial charge is 0.0550 e. The van der Waals surface area contributed by atoms with Crippen molar-refractivity contribution in [3.8, 4) is 0 Å². The van der Waals surface area contributed by atoms with Gasteiger partial charge in [-0.15, -0.1) is 0 Å². The third-order valence-corrected chi connectivity index (χ3v) is 2.19. The Hall–Kier alpha value is -0.180. The van der Waals surface area contributed by atoms with Gasteiger partial charge in [-0.3, -0.25) is 0 Å². The molecule has 0 aliphatic heterocycles. The Balaban J connectivity index is 2.58. The number of halogens is 1. The Labute approximate surface area is 82.8 Å². The number of benzene rings is 1. The van der Waals surface area contributed by atoms with Crippen LogP contribution in [0, 0.1) is 0 Å². The lowest BCUT2D eigenvalue weighted by atomic mass is 10.1. The van der Waals surface area contributed by atoms with E-state index < -0.39 is 0 Å². The summed E-state index contributed by atoms with van der Waals surface area (Å²) in [5.74, 6) is 0. The first-order valence-corrected chi connectivity index (χ1v) is 4.65. The van der Waals surface area contributed by atoms with Crippen molar-refractivity contribution in [3.63, 3.8) is 0 Å². The van der Waals surface area contributed by atoms with Gasteiger partial charge < -0.3 is 5.11 Å². The number of thiol groups is 1. The molecule has 0 radical (unpaired) electrons. The van der Waals surface area contributed by atoms with Crippen LogP contribution in [0.25, 0.3) is 0 Å². The number of rotatable bonds is 3. The summed E-state index contributed by atoms with van der Waals surface area (Å²) in [6, 6.07) is 7.58. The molecule has 0 aliphatic rings. The normalized spacial score (nSPS) is 12.9. The van der Waals surface area contributed by atoms with Gasteiger partial charge in [0.1, 0.15) is 0 Å². The second kappa shape index (κ2) is 4.75. The molecule has 1 rings (SSSR count). The van der Waals surface area contributed by atoms with Crippen LogP contribution in [0.15, 0.2) is 24.3 Å². The summed E-state index contributed by atoms with van der Waals surface area (Å²) in [4.78, 5) is 0. The van der Waals surface area contributed by atoms with Crippen LogP contribution in [0.1, 0.15) is 5.56 Å². The SMILES string of the molecule is OC[C@H](S)Cc1ccc(Cl)cc1. The van der Waals surface area contributed by atoms with Gasteiger partial charge in [-0.1, -0.05) is 23.7 Å². The second-order valence-corrected chi connectivity index (χ2v) is 3.83. The van der Waals surface area contributed by atoms with Gasteiger partial charge in [0.05, 0.1) is 6.61 Å². The zero-order chi connectivity index (χ0) is 8.97. The van der Waals surface area contributed by atoms with Crippen LogP contribution in [0.3, 0.4) is 0 Å². The minimum absolute atomic E-state index is 0.0196. The fraction of sp³-hybridized carbons (Fsp3) is 0.333. The third kappa shape index (κ3) is 3.05. The molecule has 1 aromatic rings. The average molecular weight is 203 g/mol. The first-order valence-electron chi connectivity index (χ1n) is 3.75. The monoisotopic (exact) mass is 202 g/mol. The zero-order valence-electron chi connectivity index (χ0n) is 6.57. The largest absolute Gasteiger partial charge is 0.395 e. The highest BCUT2D eigenvalue weighted by molar-refractivity contribution is 7.81. The lowest BCUT2D eigenvalue weighted by Crippen LogP contribution is -2.08. The standard InChI is InChI=1S/C9H11ClOS/c10-8-3-1-7(2-4-8)5-9(12)6-11/h1-4,9,11-12H,5-6H2/t9-/m1/s1. The highest BCUT2D eigenvalue weighted by Crippen LogP contribution is 2.12. The van der Waals surface area contributed by atoms with Crippen molar-refractivity contribution < 1.29 is 5.11 Å². The van der Waals surface area contributed by atoms with Gasteiger partial charge in [-0.25, -0.2) is 0 Å². The molecule has 0 saturated carbocycles. The number of aliphatic hydroxyl groups excluding tert-OH is 1. The van der Waals surface area contributed by atoms with Gasteiger partial charge in [0.2, 0.25) is 0 Å². The molecule has 0 spiro atoms. The summed E-state index contributed by atoms with van der Waals surface area (Å²) >= 11 is 9.90. The summed E-state index contributed by atoms with van der Waals surface area (Å²) in [5.41, 5.74) is 1.15. The quantitative estimate of drug-likeness (QED) is 0.720. The van der Waals surface area contributed by atoms with Crippen LogP contribution >= 0.6 is 24.2 Å². The maximum atomic E-state index is 8.75. The van der Waals surface area contributed by atoms with Crippen LogP contribution in [-0.2, 0) is 6.42 Å². The van der Waals surface area contributed by atoms with Gasteiger partial charge in [0.15, 0.2) is 0 Å². The van der Waals surface area contributed by atoms with E-state index in [1.54, 1.807) is 0 Å². The molecule has 0 aromatic heterocycles. The summed E-state index contributed by atoms with van der Waals surface area (Å²) in [6.45, 7) is 0.103. The summed E-state index contributed by atoms with van der Waals surface area (Å²) in [6.07, 6.45) is 0.775. The van der Waals surface area contributed by atoms with Gasteiger partial charge >= 0.3 is 0 Å². The Morgan fingerprint density at radius 2 is 1.92 bits per heavy atom. The van der Waals surface area contributed by atoms with Crippen LogP contribution in [-0.4, -0.2) is 17.0 Å². The molecule has 1 atom stereocenters. The molecule has 0 fully saturated rings. The Kier molecular flexibility index (Phi) is 3.92. The van der Waals surface area contributed by atoms with E-state index in [-0.39, 0.29) is 11.9 Å². The number of hydrogen-bond donors (Lipinski definition) is 2. The first kappa shape index (κ1) is 9.90. The van der Waals surface area contributed by atoms with Crippen molar-refractivity contribution in [2.45, 2.75) is 11.7 Å². The maximum absolute atomic E-state index is 8.75. The Morgan fingerprint density at radius 1 is 1.33 bits per heavy atom. The highest BCUT2D eigenvalue weighted by atomic mass is 35.5. The molecule has 66 valence electrons. The molecule has 0 amide bonds. The number of hydrogen-bond acceptors (Lipinski definition) is 2. The highest BCUT2D eigenvalue weighted by Gasteiger charge is 2.01. The number of aliphatic hydroxyl groups is 1. The van der Waals surface area contributed by atoms with E-state index in [0.717, 1.165) is 17.0 Å². The lowest BCUT2D eigenvalue weighted by Gasteiger charge is -2.06. The van der Waals surface area contributed by atoms with E-state index in [9.17, 15) is 0 Å². The summed E-state index contributed by atoms with van der Waals surface area (Å²) in [7, 11) is 0. The third-order valence-electron chi connectivity index (χ3n) is 1.60. The summed E-state index contributed by atoms with van der Waals surface area (Å²) in [5, 5.41) is 9.50. The van der Waals surface area contributed by atoms with E-state index in [2.05, 4.69) is 12.6 Å². The molecular formula is C9H11ClOS. The minimum Gasteiger partial charge on any atom is -0.395 e. The zero-order valence-corrected chi connectivity index (χ0v) is 8.22. The topological polar surface area (TPSA) is 20.2 Å². The molecule has 0 heterocycles. The summed E-state index contributed by atoms with van der Waals surface area (Å²) < 4.78 is 0. The van der Waals surface area contributed by atoms with Crippen molar-refractivity contribution in [2.75, 3.05) is 6.61 Å². The van der Waals surface area contributed by atoms with Gasteiger partial charge in [-0.05, 0) is 24.1 Å². The molecule has 1 N–H and O–H groups in total. The molecule has 0 aliphatic carbocycles. The average Bonchev–Trinajstić information content (AvgIpc) is 2.09. The molecule has 0 saturated heterocycles. The lowest BCUT2D eigenvalue weighted by molar-refractivity contribution is 0.295. The van der Waals surface area contributed by atoms with Crippen molar-refractivity contribution in [1.82, 2.24) is 0 Å². The molecule has 1 aromatic carbocycles. The van der Waals surface area contributed by atoms with E-state index in [0.29, 0.717) is 0 Å². The molecule has 3 heteroatoms. The van der Waals surface area contributed by atoms with Gasteiger partial charge in [0.25, 0.3) is 0 Å². The molecular weight excluding hydrogens is 192 g/mol. The van der Waals surface area contributed by atoms with Gasteiger partial charge in [-0.2, -0.15) is 12.6 Å². The van der Waals surface area contributed by atoms with Crippen molar-refractivity contribution >= 4 is 24.2 Å². The van der Waals surface area contributed by atoms with Crippen molar-refractivity contribution in [2.24, 2.45) is 0 Å². The minimum atomic E-state index is 0.0196. The maximum Gasteiger partial charge on any atom is 0.0550 e. The fourth-order valence-electron chi connectivity index (χ4n) is 0.957. The van der Waals surface area contributed by atoms with Gasteiger partial charge in [0, 0.05) is 10.3 Å². The predicted octanol–water partition coefficient (Wildman–Crippen LogP) is 2.17. The fourth-order valence-corrected chi connectivity index (χ4v) is 1.29. The first-order chi connectivity index (χ1) is 5.72. The van der Waals surface area contributed by atoms with Crippen LogP contribution in [0.5, 0.6) is 0 Å². The van der Waals surface area contributed by atoms with E-state index >= 15 is 0 Å². The predicted molar refractivity (Wildman–Crippen MR) is 55.0 cm³/mol. The van der Waals surface area contributed by atoms with Crippen LogP contribution in [0.2, 0.25) is 5.02 Å². The second-order valence-electron chi connectivity index (χ2n) is 2.67. The van der Waals surface area contributed by atoms with E-state index in [1.807, 2.05) is 24.3 Å². The Bertz CT molecular complexity index is 235. The van der Waals surface area contributed by atoms with E-state index in [1.165, 1.54) is 0 Å². The molecule has 0 bridgehead atoms. The van der Waals surface area contributed by atoms with Crippen LogP contribution in [0.4, 0.5) is 0 Å². The molecule has 0 unspecified atom stereocenters. The van der Waals surface area contributed by atoms with Crippen molar-refractivity contribution in [3.05, 3.63) is 34.9 Å². The Morgan fingerprint density at radius 3 is 2.42 bits per heavy atom. The van der Waals surface area contributed by atoms with E-state index in [4.69, 9.17) is 16.7 Å².